The van der Waals surface area contributed by atoms with Crippen LogP contribution in [0.25, 0.3) is 0 Å². The fourth-order valence-corrected chi connectivity index (χ4v) is 1.14. The van der Waals surface area contributed by atoms with E-state index < -0.39 is 12.2 Å². The van der Waals surface area contributed by atoms with Gasteiger partial charge in [-0.25, -0.2) is 0 Å². The molecule has 0 aromatic carbocycles. The van der Waals surface area contributed by atoms with Crippen molar-refractivity contribution in [2.45, 2.75) is 12.2 Å². The third-order valence-corrected chi connectivity index (χ3v) is 1.87. The van der Waals surface area contributed by atoms with Crippen LogP contribution in [0.2, 0.25) is 0 Å². The number of nitrogens with one attached hydrogen (secondary N) is 1. The lowest BCUT2D eigenvalue weighted by Gasteiger charge is -2.30. The first-order valence-electron chi connectivity index (χ1n) is 3.43. The topological polar surface area (TPSA) is 72.7 Å². The van der Waals surface area contributed by atoms with Crippen molar-refractivity contribution in [1.29, 1.82) is 0 Å². The Hall–Kier alpha value is -0.160. The van der Waals surface area contributed by atoms with Gasteiger partial charge in [0.15, 0.2) is 0 Å². The van der Waals surface area contributed by atoms with Gasteiger partial charge in [0.05, 0.1) is 12.2 Å². The lowest BCUT2D eigenvalue weighted by atomic mass is 9.95. The van der Waals surface area contributed by atoms with E-state index in [0.717, 1.165) is 0 Å². The number of aliphatic hydroxyl groups is 3. The molecule has 1 rings (SSSR count). The largest absolute Gasteiger partial charge is 0.396 e. The average molecular weight is 147 g/mol. The van der Waals surface area contributed by atoms with Crippen LogP contribution in [0.15, 0.2) is 0 Å². The summed E-state index contributed by atoms with van der Waals surface area (Å²) in [4.78, 5) is 0. The lowest BCUT2D eigenvalue weighted by molar-refractivity contribution is -0.0490. The molecule has 4 heteroatoms. The van der Waals surface area contributed by atoms with E-state index in [4.69, 9.17) is 10.2 Å². The Morgan fingerprint density at radius 2 is 2.00 bits per heavy atom. The van der Waals surface area contributed by atoms with Gasteiger partial charge >= 0.3 is 0 Å². The minimum atomic E-state index is -0.772. The molecule has 0 aromatic rings. The summed E-state index contributed by atoms with van der Waals surface area (Å²) in [7, 11) is 0. The predicted octanol–water partition coefficient (Wildman–Crippen LogP) is -2.08. The van der Waals surface area contributed by atoms with Crippen LogP contribution < -0.4 is 5.32 Å². The fraction of sp³-hybridized carbons (Fsp3) is 1.00. The number of β-amino-alcohol motifs (C(OH)–C–C–N with tert-alkyl or cyclic N) is 1. The van der Waals surface area contributed by atoms with Crippen molar-refractivity contribution in [2.75, 3.05) is 19.7 Å². The molecule has 1 heterocycles. The Balaban J connectivity index is 2.42. The second-order valence-corrected chi connectivity index (χ2v) is 2.66. The molecule has 1 saturated heterocycles. The molecule has 10 heavy (non-hydrogen) atoms. The summed E-state index contributed by atoms with van der Waals surface area (Å²) in [6.07, 6.45) is -1.50. The fourth-order valence-electron chi connectivity index (χ4n) is 1.14. The van der Waals surface area contributed by atoms with E-state index in [1.807, 2.05) is 0 Å². The van der Waals surface area contributed by atoms with E-state index in [9.17, 15) is 5.11 Å². The van der Waals surface area contributed by atoms with E-state index in [-0.39, 0.29) is 12.5 Å². The molecule has 1 aliphatic heterocycles. The van der Waals surface area contributed by atoms with Crippen LogP contribution in [0.4, 0.5) is 0 Å². The quantitative estimate of drug-likeness (QED) is 0.343. The van der Waals surface area contributed by atoms with Crippen LogP contribution in [-0.2, 0) is 0 Å². The van der Waals surface area contributed by atoms with E-state index in [1.165, 1.54) is 0 Å². The molecule has 1 aliphatic rings. The zero-order chi connectivity index (χ0) is 7.56. The number of rotatable bonds is 1. The van der Waals surface area contributed by atoms with Crippen LogP contribution in [0.5, 0.6) is 0 Å². The molecule has 0 amide bonds. The van der Waals surface area contributed by atoms with Gasteiger partial charge in [0.1, 0.15) is 0 Å². The third-order valence-electron chi connectivity index (χ3n) is 1.87. The first kappa shape index (κ1) is 7.94. The first-order valence-corrected chi connectivity index (χ1v) is 3.43. The highest BCUT2D eigenvalue weighted by Gasteiger charge is 2.29. The maximum Gasteiger partial charge on any atom is 0.0927 e. The van der Waals surface area contributed by atoms with Crippen LogP contribution in [0.1, 0.15) is 0 Å². The molecule has 0 saturated carbocycles. The Morgan fingerprint density at radius 1 is 1.30 bits per heavy atom. The molecule has 0 radical (unpaired) electrons. The maximum absolute atomic E-state index is 9.19. The molecule has 1 fully saturated rings. The van der Waals surface area contributed by atoms with E-state index in [1.54, 1.807) is 0 Å². The first-order chi connectivity index (χ1) is 4.75. The van der Waals surface area contributed by atoms with Crippen LogP contribution in [0.3, 0.4) is 0 Å². The van der Waals surface area contributed by atoms with E-state index >= 15 is 0 Å². The third kappa shape index (κ3) is 1.46. The molecule has 0 aromatic heterocycles. The normalized spacial score (nSPS) is 41.7. The minimum Gasteiger partial charge on any atom is -0.396 e. The van der Waals surface area contributed by atoms with Gasteiger partial charge in [-0.2, -0.15) is 0 Å². The number of aliphatic hydroxyl groups excluding tert-OH is 3. The van der Waals surface area contributed by atoms with Crippen LogP contribution >= 0.6 is 0 Å². The van der Waals surface area contributed by atoms with Crippen molar-refractivity contribution in [2.24, 2.45) is 5.92 Å². The Labute approximate surface area is 59.5 Å². The molecular weight excluding hydrogens is 134 g/mol. The van der Waals surface area contributed by atoms with Gasteiger partial charge < -0.3 is 20.6 Å². The molecule has 3 atom stereocenters. The Morgan fingerprint density at radius 3 is 2.50 bits per heavy atom. The van der Waals surface area contributed by atoms with Gasteiger partial charge in [-0.3, -0.25) is 0 Å². The highest BCUT2D eigenvalue weighted by molar-refractivity contribution is 4.83. The molecular formula is C6H13NO3. The number of hydrogen-bond acceptors (Lipinski definition) is 4. The zero-order valence-electron chi connectivity index (χ0n) is 5.70. The monoisotopic (exact) mass is 147 g/mol. The smallest absolute Gasteiger partial charge is 0.0927 e. The summed E-state index contributed by atoms with van der Waals surface area (Å²) in [5.74, 6) is -0.219. The van der Waals surface area contributed by atoms with Gasteiger partial charge in [0.2, 0.25) is 0 Å². The van der Waals surface area contributed by atoms with E-state index in [2.05, 4.69) is 5.32 Å². The molecule has 0 spiro atoms. The summed E-state index contributed by atoms with van der Waals surface area (Å²) in [6, 6.07) is 0. The highest BCUT2D eigenvalue weighted by atomic mass is 16.3. The van der Waals surface area contributed by atoms with Crippen molar-refractivity contribution >= 4 is 0 Å². The predicted molar refractivity (Wildman–Crippen MR) is 35.5 cm³/mol. The zero-order valence-corrected chi connectivity index (χ0v) is 5.70. The number of piperidine rings is 1. The van der Waals surface area contributed by atoms with Crippen molar-refractivity contribution in [3.8, 4) is 0 Å². The van der Waals surface area contributed by atoms with Gasteiger partial charge in [-0.1, -0.05) is 0 Å². The van der Waals surface area contributed by atoms with E-state index in [0.29, 0.717) is 13.1 Å². The molecule has 4 nitrogen and oxygen atoms in total. The molecule has 60 valence electrons. The molecule has 0 aliphatic carbocycles. The summed E-state index contributed by atoms with van der Waals surface area (Å²) in [5, 5.41) is 29.8. The van der Waals surface area contributed by atoms with Crippen LogP contribution in [-0.4, -0.2) is 47.2 Å². The van der Waals surface area contributed by atoms with Gasteiger partial charge in [-0.05, 0) is 0 Å². The van der Waals surface area contributed by atoms with Gasteiger partial charge in [0, 0.05) is 25.6 Å². The second-order valence-electron chi connectivity index (χ2n) is 2.66. The summed E-state index contributed by atoms with van der Waals surface area (Å²) < 4.78 is 0. The van der Waals surface area contributed by atoms with Gasteiger partial charge in [0.25, 0.3) is 0 Å². The lowest BCUT2D eigenvalue weighted by Crippen LogP contribution is -2.51. The second kappa shape index (κ2) is 3.30. The Kier molecular flexibility index (Phi) is 2.62. The van der Waals surface area contributed by atoms with Crippen molar-refractivity contribution in [3.63, 3.8) is 0 Å². The summed E-state index contributed by atoms with van der Waals surface area (Å²) >= 11 is 0. The maximum atomic E-state index is 9.19. The SMILES string of the molecule is OC[C@H]1CNC[C@@H](O)[C@H]1O. The van der Waals surface area contributed by atoms with Crippen molar-refractivity contribution < 1.29 is 15.3 Å². The summed E-state index contributed by atoms with van der Waals surface area (Å²) in [6.45, 7) is 0.914. The van der Waals surface area contributed by atoms with Crippen molar-refractivity contribution in [1.82, 2.24) is 5.32 Å². The Bertz CT molecular complexity index is 109. The highest BCUT2D eigenvalue weighted by Crippen LogP contribution is 2.10. The van der Waals surface area contributed by atoms with Crippen LogP contribution in [0, 0.1) is 5.92 Å². The summed E-state index contributed by atoms with van der Waals surface area (Å²) in [5.41, 5.74) is 0. The standard InChI is InChI=1S/C6H13NO3/c8-3-4-1-7-2-5(9)6(4)10/h4-10H,1-3H2/t4-,5-,6+/m1/s1. The molecule has 0 bridgehead atoms. The number of hydrogen-bond donors (Lipinski definition) is 4. The van der Waals surface area contributed by atoms with Gasteiger partial charge in [-0.15, -0.1) is 0 Å². The van der Waals surface area contributed by atoms with Crippen molar-refractivity contribution in [3.05, 3.63) is 0 Å². The molecule has 0 unspecified atom stereocenters. The molecule has 4 N–H and O–H groups in total. The average Bonchev–Trinajstić information content (AvgIpc) is 1.95. The minimum absolute atomic E-state index is 0.0781.